The van der Waals surface area contributed by atoms with E-state index in [1.54, 1.807) is 17.3 Å². The first-order chi connectivity index (χ1) is 10.2. The Morgan fingerprint density at radius 1 is 1.48 bits per heavy atom. The number of H-pyrrole nitrogens is 1. The summed E-state index contributed by atoms with van der Waals surface area (Å²) in [5.41, 5.74) is 6.10. The highest BCUT2D eigenvalue weighted by molar-refractivity contribution is 5.81. The maximum absolute atomic E-state index is 12.5. The number of nitrogens with one attached hydrogen (secondary N) is 1. The van der Waals surface area contributed by atoms with Gasteiger partial charge in [0.05, 0.1) is 19.2 Å². The molecule has 1 aliphatic carbocycles. The van der Waals surface area contributed by atoms with Gasteiger partial charge in [-0.05, 0) is 12.3 Å². The van der Waals surface area contributed by atoms with E-state index in [0.29, 0.717) is 18.3 Å². The molecule has 0 bridgehead atoms. The SMILES string of the molecule is N[C@@H](CC1CCCCC1)C(=O)N(CCO)Cc1ncc[nH]1. The number of carbonyl (C=O) groups excluding carboxylic acids is 1. The van der Waals surface area contributed by atoms with Crippen molar-refractivity contribution in [3.05, 3.63) is 18.2 Å². The van der Waals surface area contributed by atoms with Crippen molar-refractivity contribution in [3.63, 3.8) is 0 Å². The van der Waals surface area contributed by atoms with Gasteiger partial charge in [0.25, 0.3) is 0 Å². The van der Waals surface area contributed by atoms with Gasteiger partial charge in [-0.25, -0.2) is 4.98 Å². The standard InChI is InChI=1S/C15H26N4O2/c16-13(10-12-4-2-1-3-5-12)15(21)19(8-9-20)11-14-17-6-7-18-14/h6-7,12-13,20H,1-5,8-11,16H2,(H,17,18)/t13-/m0/s1. The zero-order chi connectivity index (χ0) is 15.1. The summed E-state index contributed by atoms with van der Waals surface area (Å²) in [6, 6.07) is -0.477. The minimum Gasteiger partial charge on any atom is -0.395 e. The lowest BCUT2D eigenvalue weighted by Crippen LogP contribution is -2.45. The lowest BCUT2D eigenvalue weighted by molar-refractivity contribution is -0.134. The molecule has 0 aliphatic heterocycles. The van der Waals surface area contributed by atoms with Crippen LogP contribution in [0.1, 0.15) is 44.3 Å². The summed E-state index contributed by atoms with van der Waals surface area (Å²) < 4.78 is 0. The molecule has 0 unspecified atom stereocenters. The molecular weight excluding hydrogens is 268 g/mol. The fraction of sp³-hybridized carbons (Fsp3) is 0.733. The highest BCUT2D eigenvalue weighted by Gasteiger charge is 2.25. The van der Waals surface area contributed by atoms with Gasteiger partial charge in [-0.2, -0.15) is 0 Å². The van der Waals surface area contributed by atoms with Gasteiger partial charge in [0.15, 0.2) is 0 Å². The van der Waals surface area contributed by atoms with Crippen molar-refractivity contribution in [2.24, 2.45) is 11.7 Å². The van der Waals surface area contributed by atoms with Crippen LogP contribution in [0.3, 0.4) is 0 Å². The quantitative estimate of drug-likeness (QED) is 0.700. The number of hydrogen-bond acceptors (Lipinski definition) is 4. The molecule has 1 heterocycles. The van der Waals surface area contributed by atoms with Crippen LogP contribution in [0.15, 0.2) is 12.4 Å². The number of aromatic nitrogens is 2. The number of rotatable bonds is 7. The first-order valence-electron chi connectivity index (χ1n) is 7.84. The van der Waals surface area contributed by atoms with E-state index >= 15 is 0 Å². The van der Waals surface area contributed by atoms with Crippen LogP contribution in [0.4, 0.5) is 0 Å². The molecule has 1 atom stereocenters. The molecule has 0 saturated heterocycles. The Balaban J connectivity index is 1.89. The van der Waals surface area contributed by atoms with Crippen molar-refractivity contribution in [2.45, 2.75) is 51.1 Å². The Morgan fingerprint density at radius 3 is 2.86 bits per heavy atom. The van der Waals surface area contributed by atoms with Gasteiger partial charge in [-0.15, -0.1) is 0 Å². The van der Waals surface area contributed by atoms with Gasteiger partial charge in [0.2, 0.25) is 5.91 Å². The van der Waals surface area contributed by atoms with Crippen LogP contribution in [-0.2, 0) is 11.3 Å². The number of nitrogens with zero attached hydrogens (tertiary/aromatic N) is 2. The van der Waals surface area contributed by atoms with Crippen molar-refractivity contribution in [1.82, 2.24) is 14.9 Å². The maximum Gasteiger partial charge on any atom is 0.239 e. The summed E-state index contributed by atoms with van der Waals surface area (Å²) >= 11 is 0. The van der Waals surface area contributed by atoms with Gasteiger partial charge in [-0.1, -0.05) is 32.1 Å². The molecule has 1 aromatic heterocycles. The molecule has 21 heavy (non-hydrogen) atoms. The van der Waals surface area contributed by atoms with E-state index in [-0.39, 0.29) is 19.1 Å². The first-order valence-corrected chi connectivity index (χ1v) is 7.84. The lowest BCUT2D eigenvalue weighted by atomic mass is 9.85. The highest BCUT2D eigenvalue weighted by Crippen LogP contribution is 2.27. The van der Waals surface area contributed by atoms with E-state index in [1.807, 2.05) is 0 Å². The Morgan fingerprint density at radius 2 is 2.24 bits per heavy atom. The van der Waals surface area contributed by atoms with E-state index in [0.717, 1.165) is 6.42 Å². The molecular formula is C15H26N4O2. The normalized spacial score (nSPS) is 17.6. The largest absolute Gasteiger partial charge is 0.395 e. The molecule has 0 aromatic carbocycles. The number of carbonyl (C=O) groups is 1. The third kappa shape index (κ3) is 4.82. The zero-order valence-electron chi connectivity index (χ0n) is 12.5. The third-order valence-corrected chi connectivity index (χ3v) is 4.21. The molecule has 118 valence electrons. The number of aromatic amines is 1. The summed E-state index contributed by atoms with van der Waals surface area (Å²) in [4.78, 5) is 21.2. The smallest absolute Gasteiger partial charge is 0.239 e. The molecule has 4 N–H and O–H groups in total. The van der Waals surface area contributed by atoms with Crippen molar-refractivity contribution >= 4 is 5.91 Å². The van der Waals surface area contributed by atoms with Crippen LogP contribution < -0.4 is 5.73 Å². The van der Waals surface area contributed by atoms with Crippen LogP contribution in [-0.4, -0.2) is 45.1 Å². The predicted octanol–water partition coefficient (Wildman–Crippen LogP) is 1.03. The van der Waals surface area contributed by atoms with Gasteiger partial charge >= 0.3 is 0 Å². The Kier molecular flexibility index (Phi) is 6.20. The topological polar surface area (TPSA) is 95.2 Å². The molecule has 1 aliphatic rings. The van der Waals surface area contributed by atoms with E-state index in [9.17, 15) is 4.79 Å². The summed E-state index contributed by atoms with van der Waals surface area (Å²) in [5, 5.41) is 9.15. The number of amides is 1. The molecule has 0 radical (unpaired) electrons. The Labute approximate surface area is 125 Å². The average molecular weight is 294 g/mol. The number of nitrogens with two attached hydrogens (primary N) is 1. The van der Waals surface area contributed by atoms with Crippen molar-refractivity contribution in [3.8, 4) is 0 Å². The van der Waals surface area contributed by atoms with Gasteiger partial charge in [-0.3, -0.25) is 4.79 Å². The van der Waals surface area contributed by atoms with Crippen molar-refractivity contribution in [2.75, 3.05) is 13.2 Å². The van der Waals surface area contributed by atoms with Crippen LogP contribution in [0.2, 0.25) is 0 Å². The summed E-state index contributed by atoms with van der Waals surface area (Å²) in [5.74, 6) is 1.19. The van der Waals surface area contributed by atoms with Crippen LogP contribution in [0.5, 0.6) is 0 Å². The number of imidazole rings is 1. The molecule has 1 saturated carbocycles. The van der Waals surface area contributed by atoms with E-state index in [1.165, 1.54) is 32.1 Å². The van der Waals surface area contributed by atoms with Crippen molar-refractivity contribution in [1.29, 1.82) is 0 Å². The van der Waals surface area contributed by atoms with Crippen LogP contribution >= 0.6 is 0 Å². The molecule has 6 heteroatoms. The lowest BCUT2D eigenvalue weighted by Gasteiger charge is -2.28. The highest BCUT2D eigenvalue weighted by atomic mass is 16.3. The second kappa shape index (κ2) is 8.14. The summed E-state index contributed by atoms with van der Waals surface area (Å²) in [7, 11) is 0. The summed E-state index contributed by atoms with van der Waals surface area (Å²) in [6.07, 6.45) is 10.3. The molecule has 0 spiro atoms. The van der Waals surface area contributed by atoms with Gasteiger partial charge in [0.1, 0.15) is 5.82 Å². The zero-order valence-corrected chi connectivity index (χ0v) is 12.5. The average Bonchev–Trinajstić information content (AvgIpc) is 3.00. The van der Waals surface area contributed by atoms with Crippen molar-refractivity contribution < 1.29 is 9.90 Å². The monoisotopic (exact) mass is 294 g/mol. The van der Waals surface area contributed by atoms with E-state index in [2.05, 4.69) is 9.97 Å². The molecule has 1 aromatic rings. The fourth-order valence-electron chi connectivity index (χ4n) is 3.07. The molecule has 6 nitrogen and oxygen atoms in total. The number of aliphatic hydroxyl groups excluding tert-OH is 1. The van der Waals surface area contributed by atoms with Gasteiger partial charge in [0, 0.05) is 18.9 Å². The minimum atomic E-state index is -0.477. The second-order valence-corrected chi connectivity index (χ2v) is 5.87. The predicted molar refractivity (Wildman–Crippen MR) is 80.3 cm³/mol. The molecule has 1 fully saturated rings. The number of aliphatic hydroxyl groups is 1. The third-order valence-electron chi connectivity index (χ3n) is 4.21. The first kappa shape index (κ1) is 16.0. The Bertz CT molecular complexity index is 415. The van der Waals surface area contributed by atoms with Crippen LogP contribution in [0, 0.1) is 5.92 Å². The number of hydrogen-bond donors (Lipinski definition) is 3. The Hall–Kier alpha value is -1.40. The van der Waals surface area contributed by atoms with Crippen LogP contribution in [0.25, 0.3) is 0 Å². The minimum absolute atomic E-state index is 0.0669. The fourth-order valence-corrected chi connectivity index (χ4v) is 3.07. The van der Waals surface area contributed by atoms with E-state index < -0.39 is 6.04 Å². The molecule has 1 amide bonds. The van der Waals surface area contributed by atoms with Gasteiger partial charge < -0.3 is 20.7 Å². The summed E-state index contributed by atoms with van der Waals surface area (Å²) in [6.45, 7) is 0.589. The van der Waals surface area contributed by atoms with E-state index in [4.69, 9.17) is 10.8 Å². The molecule has 2 rings (SSSR count). The maximum atomic E-state index is 12.5. The second-order valence-electron chi connectivity index (χ2n) is 5.87.